The van der Waals surface area contributed by atoms with E-state index in [2.05, 4.69) is 20.2 Å². The number of halogens is 1. The molecule has 2 aromatic heterocycles. The molecule has 0 saturated heterocycles. The standard InChI is InChI=1S/C18H17FN6O/c19-14-5-10(1-2-16(14)26-18-6-13(20)7-24-25-18)11-3-12(4-11)15-8-23-17(21)9-22-15/h1-2,5-9,11-12H,3-4H2,(H2,20,25)(H2,21,23). The molecule has 1 aliphatic carbocycles. The fourth-order valence-electron chi connectivity index (χ4n) is 3.07. The van der Waals surface area contributed by atoms with Crippen molar-refractivity contribution in [3.8, 4) is 11.6 Å². The highest BCUT2D eigenvalue weighted by atomic mass is 19.1. The molecule has 4 N–H and O–H groups in total. The lowest BCUT2D eigenvalue weighted by Gasteiger charge is -2.35. The zero-order valence-corrected chi connectivity index (χ0v) is 13.8. The van der Waals surface area contributed by atoms with Crippen LogP contribution >= 0.6 is 0 Å². The van der Waals surface area contributed by atoms with Gasteiger partial charge in [0.2, 0.25) is 5.88 Å². The Kier molecular flexibility index (Phi) is 4.08. The number of ether oxygens (including phenoxy) is 1. The number of benzene rings is 1. The van der Waals surface area contributed by atoms with E-state index < -0.39 is 5.82 Å². The minimum absolute atomic E-state index is 0.0916. The van der Waals surface area contributed by atoms with Crippen LogP contribution in [0.5, 0.6) is 11.6 Å². The summed E-state index contributed by atoms with van der Waals surface area (Å²) in [5, 5.41) is 7.45. The summed E-state index contributed by atoms with van der Waals surface area (Å²) in [7, 11) is 0. The number of anilines is 2. The van der Waals surface area contributed by atoms with E-state index in [0.717, 1.165) is 24.1 Å². The molecule has 3 aromatic rings. The molecule has 1 fully saturated rings. The van der Waals surface area contributed by atoms with Crippen molar-refractivity contribution in [2.45, 2.75) is 24.7 Å². The van der Waals surface area contributed by atoms with Crippen LogP contribution in [0.1, 0.15) is 35.9 Å². The smallest absolute Gasteiger partial charge is 0.241 e. The summed E-state index contributed by atoms with van der Waals surface area (Å²) in [6.07, 6.45) is 6.47. The topological polar surface area (TPSA) is 113 Å². The number of nitrogen functional groups attached to an aromatic ring is 2. The number of aromatic nitrogens is 4. The molecular formula is C18H17FN6O. The molecule has 0 radical (unpaired) electrons. The van der Waals surface area contributed by atoms with Crippen LogP contribution in [-0.4, -0.2) is 20.2 Å². The number of rotatable bonds is 4. The number of hydrogen-bond donors (Lipinski definition) is 2. The highest BCUT2D eigenvalue weighted by Gasteiger charge is 2.33. The predicted octanol–water partition coefficient (Wildman–Crippen LogP) is 3.02. The number of hydrogen-bond acceptors (Lipinski definition) is 7. The van der Waals surface area contributed by atoms with Gasteiger partial charge in [0.15, 0.2) is 11.6 Å². The fourth-order valence-corrected chi connectivity index (χ4v) is 3.07. The van der Waals surface area contributed by atoms with E-state index in [1.54, 1.807) is 18.5 Å². The lowest BCUT2D eigenvalue weighted by molar-refractivity contribution is 0.342. The van der Waals surface area contributed by atoms with Gasteiger partial charge in [-0.05, 0) is 36.5 Å². The van der Waals surface area contributed by atoms with Crippen molar-refractivity contribution >= 4 is 11.5 Å². The zero-order chi connectivity index (χ0) is 18.1. The zero-order valence-electron chi connectivity index (χ0n) is 13.8. The average Bonchev–Trinajstić information content (AvgIpc) is 2.58. The van der Waals surface area contributed by atoms with Crippen LogP contribution in [-0.2, 0) is 0 Å². The number of nitrogens with two attached hydrogens (primary N) is 2. The Hall–Kier alpha value is -3.29. The van der Waals surface area contributed by atoms with Crippen molar-refractivity contribution in [3.05, 3.63) is 59.9 Å². The Bertz CT molecular complexity index is 927. The normalized spacial score (nSPS) is 19.0. The van der Waals surface area contributed by atoms with Crippen LogP contribution in [0.2, 0.25) is 0 Å². The van der Waals surface area contributed by atoms with E-state index in [4.69, 9.17) is 16.2 Å². The van der Waals surface area contributed by atoms with Gasteiger partial charge in [-0.25, -0.2) is 9.37 Å². The van der Waals surface area contributed by atoms with E-state index in [1.165, 1.54) is 18.3 Å². The first kappa shape index (κ1) is 16.2. The summed E-state index contributed by atoms with van der Waals surface area (Å²) in [6.45, 7) is 0. The summed E-state index contributed by atoms with van der Waals surface area (Å²) in [4.78, 5) is 8.38. The van der Waals surface area contributed by atoms with Crippen LogP contribution in [0.25, 0.3) is 0 Å². The van der Waals surface area contributed by atoms with Crippen molar-refractivity contribution in [3.63, 3.8) is 0 Å². The summed E-state index contributed by atoms with van der Waals surface area (Å²) in [6, 6.07) is 6.47. The number of nitrogens with zero attached hydrogens (tertiary/aromatic N) is 4. The van der Waals surface area contributed by atoms with Gasteiger partial charge in [-0.15, -0.1) is 5.10 Å². The molecule has 2 heterocycles. The Labute approximate surface area is 149 Å². The monoisotopic (exact) mass is 352 g/mol. The van der Waals surface area contributed by atoms with Crippen molar-refractivity contribution in [2.75, 3.05) is 11.5 Å². The molecule has 4 rings (SSSR count). The maximum Gasteiger partial charge on any atom is 0.241 e. The van der Waals surface area contributed by atoms with Crippen LogP contribution in [0.15, 0.2) is 42.9 Å². The van der Waals surface area contributed by atoms with Gasteiger partial charge < -0.3 is 16.2 Å². The Morgan fingerprint density at radius 1 is 1.00 bits per heavy atom. The molecule has 0 aliphatic heterocycles. The maximum absolute atomic E-state index is 14.4. The van der Waals surface area contributed by atoms with Crippen molar-refractivity contribution in [1.29, 1.82) is 0 Å². The Morgan fingerprint density at radius 2 is 1.85 bits per heavy atom. The molecule has 0 amide bonds. The molecule has 1 aliphatic rings. The lowest BCUT2D eigenvalue weighted by atomic mass is 9.70. The predicted molar refractivity (Wildman–Crippen MR) is 94.1 cm³/mol. The molecule has 0 atom stereocenters. The highest BCUT2D eigenvalue weighted by Crippen LogP contribution is 2.47. The summed E-state index contributed by atoms with van der Waals surface area (Å²) in [5.74, 6) is 0.829. The third-order valence-corrected chi connectivity index (χ3v) is 4.54. The third kappa shape index (κ3) is 3.26. The molecule has 26 heavy (non-hydrogen) atoms. The average molecular weight is 352 g/mol. The highest BCUT2D eigenvalue weighted by molar-refractivity contribution is 5.40. The van der Waals surface area contributed by atoms with Gasteiger partial charge in [-0.2, -0.15) is 5.10 Å². The summed E-state index contributed by atoms with van der Waals surface area (Å²) < 4.78 is 19.8. The van der Waals surface area contributed by atoms with Gasteiger partial charge in [0.05, 0.1) is 30.0 Å². The second-order valence-corrected chi connectivity index (χ2v) is 6.35. The van der Waals surface area contributed by atoms with E-state index >= 15 is 0 Å². The lowest BCUT2D eigenvalue weighted by Crippen LogP contribution is -2.21. The van der Waals surface area contributed by atoms with Crippen molar-refractivity contribution < 1.29 is 9.13 Å². The maximum atomic E-state index is 14.4. The molecule has 132 valence electrons. The first-order chi connectivity index (χ1) is 12.6. The second-order valence-electron chi connectivity index (χ2n) is 6.35. The van der Waals surface area contributed by atoms with Crippen LogP contribution in [0.3, 0.4) is 0 Å². The molecular weight excluding hydrogens is 335 g/mol. The SMILES string of the molecule is Nc1cnnc(Oc2ccc(C3CC(c4cnc(N)cn4)C3)cc2F)c1. The van der Waals surface area contributed by atoms with Crippen molar-refractivity contribution in [2.24, 2.45) is 0 Å². The van der Waals surface area contributed by atoms with Crippen molar-refractivity contribution in [1.82, 2.24) is 20.2 Å². The first-order valence-corrected chi connectivity index (χ1v) is 8.21. The quantitative estimate of drug-likeness (QED) is 0.742. The van der Waals surface area contributed by atoms with Gasteiger partial charge in [-0.1, -0.05) is 6.07 Å². The van der Waals surface area contributed by atoms with Gasteiger partial charge in [-0.3, -0.25) is 4.98 Å². The second kappa shape index (κ2) is 6.55. The van der Waals surface area contributed by atoms with Crippen LogP contribution < -0.4 is 16.2 Å². The van der Waals surface area contributed by atoms with Gasteiger partial charge in [0, 0.05) is 12.0 Å². The molecule has 1 saturated carbocycles. The molecule has 7 nitrogen and oxygen atoms in total. The van der Waals surface area contributed by atoms with E-state index in [0.29, 0.717) is 17.4 Å². The van der Waals surface area contributed by atoms with E-state index in [9.17, 15) is 4.39 Å². The van der Waals surface area contributed by atoms with E-state index in [-0.39, 0.29) is 17.5 Å². The largest absolute Gasteiger partial charge is 0.434 e. The molecule has 0 spiro atoms. The Morgan fingerprint density at radius 3 is 2.54 bits per heavy atom. The molecule has 8 heteroatoms. The minimum atomic E-state index is -0.442. The van der Waals surface area contributed by atoms with Crippen LogP contribution in [0.4, 0.5) is 15.9 Å². The summed E-state index contributed by atoms with van der Waals surface area (Å²) >= 11 is 0. The van der Waals surface area contributed by atoms with Gasteiger partial charge in [0.25, 0.3) is 0 Å². The Balaban J connectivity index is 1.43. The van der Waals surface area contributed by atoms with Crippen LogP contribution in [0, 0.1) is 5.82 Å². The molecule has 0 unspecified atom stereocenters. The molecule has 1 aromatic carbocycles. The van der Waals surface area contributed by atoms with Gasteiger partial charge in [0.1, 0.15) is 5.82 Å². The first-order valence-electron chi connectivity index (χ1n) is 8.21. The van der Waals surface area contributed by atoms with E-state index in [1.807, 2.05) is 6.07 Å². The summed E-state index contributed by atoms with van der Waals surface area (Å²) in [5.41, 5.74) is 13.4. The third-order valence-electron chi connectivity index (χ3n) is 4.54. The van der Waals surface area contributed by atoms with Gasteiger partial charge >= 0.3 is 0 Å². The fraction of sp³-hybridized carbons (Fsp3) is 0.222. The minimum Gasteiger partial charge on any atom is -0.434 e. The molecule has 0 bridgehead atoms.